The molecule has 4 nitrogen and oxygen atoms in total. The number of phenols is 1. The molecule has 0 saturated carbocycles. The Labute approximate surface area is 99.2 Å². The maximum Gasteiger partial charge on any atom is 0.255 e. The summed E-state index contributed by atoms with van der Waals surface area (Å²) in [4.78, 5) is 11.8. The zero-order valence-corrected chi connectivity index (χ0v) is 10.2. The lowest BCUT2D eigenvalue weighted by molar-refractivity contribution is 0.0941. The Morgan fingerprint density at radius 3 is 2.94 bits per heavy atom. The minimum absolute atomic E-state index is 0.0586. The van der Waals surface area contributed by atoms with E-state index in [4.69, 9.17) is 5.73 Å². The Hall–Kier alpha value is -1.36. The Balaban J connectivity index is 2.77. The highest BCUT2D eigenvalue weighted by atomic mass is 32.2. The van der Waals surface area contributed by atoms with Gasteiger partial charge >= 0.3 is 0 Å². The third kappa shape index (κ3) is 3.06. The molecule has 0 bridgehead atoms. The minimum atomic E-state index is -0.300. The van der Waals surface area contributed by atoms with Crippen LogP contribution in [0.3, 0.4) is 0 Å². The number of nitrogens with one attached hydrogen (secondary N) is 1. The van der Waals surface area contributed by atoms with Gasteiger partial charge in [-0.15, -0.1) is 0 Å². The van der Waals surface area contributed by atoms with Crippen LogP contribution in [0, 0.1) is 0 Å². The molecule has 5 heteroatoms. The van der Waals surface area contributed by atoms with Crippen LogP contribution in [0.1, 0.15) is 17.3 Å². The summed E-state index contributed by atoms with van der Waals surface area (Å²) in [6.45, 7) is 1.91. The number of carbonyl (C=O) groups excluding carboxylic acids is 1. The molecule has 1 aromatic rings. The molecule has 0 radical (unpaired) electrons. The van der Waals surface area contributed by atoms with Crippen molar-refractivity contribution in [2.24, 2.45) is 0 Å². The van der Waals surface area contributed by atoms with E-state index < -0.39 is 0 Å². The van der Waals surface area contributed by atoms with E-state index >= 15 is 0 Å². The van der Waals surface area contributed by atoms with Crippen LogP contribution in [0.4, 0.5) is 5.69 Å². The lowest BCUT2D eigenvalue weighted by Gasteiger charge is -2.13. The number of anilines is 1. The second-order valence-electron chi connectivity index (χ2n) is 3.57. The van der Waals surface area contributed by atoms with Gasteiger partial charge in [-0.3, -0.25) is 4.79 Å². The van der Waals surface area contributed by atoms with Crippen LogP contribution in [0.2, 0.25) is 0 Å². The number of benzene rings is 1. The highest BCUT2D eigenvalue weighted by molar-refractivity contribution is 7.98. The van der Waals surface area contributed by atoms with Crippen LogP contribution < -0.4 is 11.1 Å². The Bertz CT molecular complexity index is 382. The smallest absolute Gasteiger partial charge is 0.255 e. The number of nitrogens with two attached hydrogens (primary N) is 1. The molecule has 1 unspecified atom stereocenters. The highest BCUT2D eigenvalue weighted by Gasteiger charge is 2.14. The number of hydrogen-bond donors (Lipinski definition) is 3. The molecule has 0 aliphatic rings. The zero-order chi connectivity index (χ0) is 12.1. The van der Waals surface area contributed by atoms with Gasteiger partial charge in [0, 0.05) is 11.8 Å². The molecule has 0 aliphatic heterocycles. The highest BCUT2D eigenvalue weighted by Crippen LogP contribution is 2.24. The SMILES string of the molecule is CSCC(C)NC(=O)c1cccc(N)c1O. The van der Waals surface area contributed by atoms with E-state index in [0.29, 0.717) is 0 Å². The topological polar surface area (TPSA) is 75.4 Å². The average molecular weight is 240 g/mol. The molecule has 0 saturated heterocycles. The number of thioether (sulfide) groups is 1. The second-order valence-corrected chi connectivity index (χ2v) is 4.48. The summed E-state index contributed by atoms with van der Waals surface area (Å²) in [6.07, 6.45) is 1.97. The number of rotatable bonds is 4. The van der Waals surface area contributed by atoms with Crippen LogP contribution in [0.25, 0.3) is 0 Å². The van der Waals surface area contributed by atoms with E-state index in [1.54, 1.807) is 30.0 Å². The maximum atomic E-state index is 11.8. The quantitative estimate of drug-likeness (QED) is 0.550. The molecule has 0 heterocycles. The van der Waals surface area contributed by atoms with Gasteiger partial charge in [0.15, 0.2) is 5.75 Å². The molecule has 0 aliphatic carbocycles. The predicted octanol–water partition coefficient (Wildman–Crippen LogP) is 1.46. The Kier molecular flexibility index (Phi) is 4.49. The monoisotopic (exact) mass is 240 g/mol. The molecule has 1 aromatic carbocycles. The lowest BCUT2D eigenvalue weighted by Crippen LogP contribution is -2.34. The van der Waals surface area contributed by atoms with Gasteiger partial charge in [0.1, 0.15) is 0 Å². The molecule has 88 valence electrons. The molecule has 0 spiro atoms. The van der Waals surface area contributed by atoms with Crippen LogP contribution >= 0.6 is 11.8 Å². The summed E-state index contributed by atoms with van der Waals surface area (Å²) in [5.41, 5.74) is 5.94. The van der Waals surface area contributed by atoms with Gasteiger partial charge in [0.2, 0.25) is 0 Å². The van der Waals surface area contributed by atoms with Gasteiger partial charge in [0.25, 0.3) is 5.91 Å². The second kappa shape index (κ2) is 5.65. The summed E-state index contributed by atoms with van der Waals surface area (Å²) in [7, 11) is 0. The summed E-state index contributed by atoms with van der Waals surface area (Å²) in [5.74, 6) is 0.372. The third-order valence-electron chi connectivity index (χ3n) is 2.11. The van der Waals surface area contributed by atoms with Gasteiger partial charge in [-0.1, -0.05) is 6.07 Å². The van der Waals surface area contributed by atoms with E-state index in [1.165, 1.54) is 0 Å². The maximum absolute atomic E-state index is 11.8. The van der Waals surface area contributed by atoms with Crippen LogP contribution in [-0.2, 0) is 0 Å². The first kappa shape index (κ1) is 12.7. The van der Waals surface area contributed by atoms with Gasteiger partial charge in [-0.05, 0) is 25.3 Å². The van der Waals surface area contributed by atoms with Crippen molar-refractivity contribution >= 4 is 23.4 Å². The average Bonchev–Trinajstić information content (AvgIpc) is 2.22. The summed E-state index contributed by atoms with van der Waals surface area (Å²) < 4.78 is 0. The number of nitrogen functional groups attached to an aromatic ring is 1. The van der Waals surface area contributed by atoms with Crippen molar-refractivity contribution in [1.29, 1.82) is 0 Å². The standard InChI is InChI=1S/C11H16N2O2S/c1-7(6-16-2)13-11(15)8-4-3-5-9(12)10(8)14/h3-5,7,14H,6,12H2,1-2H3,(H,13,15). The largest absolute Gasteiger partial charge is 0.505 e. The first-order valence-corrected chi connectivity index (χ1v) is 6.33. The summed E-state index contributed by atoms with van der Waals surface area (Å²) in [6, 6.07) is 4.80. The minimum Gasteiger partial charge on any atom is -0.505 e. The molecular weight excluding hydrogens is 224 g/mol. The van der Waals surface area contributed by atoms with Crippen molar-refractivity contribution in [2.45, 2.75) is 13.0 Å². The molecule has 1 amide bonds. The fourth-order valence-corrected chi connectivity index (χ4v) is 1.92. The zero-order valence-electron chi connectivity index (χ0n) is 9.36. The summed E-state index contributed by atoms with van der Waals surface area (Å²) >= 11 is 1.65. The predicted molar refractivity (Wildman–Crippen MR) is 67.8 cm³/mol. The number of carbonyl (C=O) groups is 1. The van der Waals surface area contributed by atoms with Crippen molar-refractivity contribution in [2.75, 3.05) is 17.7 Å². The summed E-state index contributed by atoms with van der Waals surface area (Å²) in [5, 5.41) is 12.4. The van der Waals surface area contributed by atoms with Gasteiger partial charge in [-0.25, -0.2) is 0 Å². The first-order valence-electron chi connectivity index (χ1n) is 4.93. The molecule has 1 atom stereocenters. The third-order valence-corrected chi connectivity index (χ3v) is 2.94. The van der Waals surface area contributed by atoms with Gasteiger partial charge in [-0.2, -0.15) is 11.8 Å². The first-order chi connectivity index (χ1) is 7.56. The van der Waals surface area contributed by atoms with E-state index in [0.717, 1.165) is 5.75 Å². The number of aromatic hydroxyl groups is 1. The van der Waals surface area contributed by atoms with Crippen LogP contribution in [-0.4, -0.2) is 29.1 Å². The number of phenolic OH excluding ortho intramolecular Hbond substituents is 1. The van der Waals surface area contributed by atoms with Crippen molar-refractivity contribution < 1.29 is 9.90 Å². The van der Waals surface area contributed by atoms with Gasteiger partial charge < -0.3 is 16.2 Å². The lowest BCUT2D eigenvalue weighted by atomic mass is 10.1. The number of hydrogen-bond acceptors (Lipinski definition) is 4. The fourth-order valence-electron chi connectivity index (χ4n) is 1.34. The van der Waals surface area contributed by atoms with Gasteiger partial charge in [0.05, 0.1) is 11.3 Å². The molecule has 4 N–H and O–H groups in total. The van der Waals surface area contributed by atoms with Crippen LogP contribution in [0.5, 0.6) is 5.75 Å². The number of amides is 1. The normalized spacial score (nSPS) is 12.1. The van der Waals surface area contributed by atoms with E-state index in [9.17, 15) is 9.90 Å². The molecule has 0 fully saturated rings. The fraction of sp³-hybridized carbons (Fsp3) is 0.364. The van der Waals surface area contributed by atoms with E-state index in [2.05, 4.69) is 5.32 Å². The van der Waals surface area contributed by atoms with Crippen molar-refractivity contribution in [3.63, 3.8) is 0 Å². The Morgan fingerprint density at radius 2 is 2.31 bits per heavy atom. The van der Waals surface area contributed by atoms with Crippen molar-refractivity contribution in [1.82, 2.24) is 5.32 Å². The number of para-hydroxylation sites is 1. The van der Waals surface area contributed by atoms with E-state index in [-0.39, 0.29) is 28.9 Å². The molecule has 1 rings (SSSR count). The van der Waals surface area contributed by atoms with E-state index in [1.807, 2.05) is 13.2 Å². The molecule has 16 heavy (non-hydrogen) atoms. The molecule has 0 aromatic heterocycles. The molecular formula is C11H16N2O2S. The van der Waals surface area contributed by atoms with Crippen LogP contribution in [0.15, 0.2) is 18.2 Å². The van der Waals surface area contributed by atoms with Crippen molar-refractivity contribution in [3.05, 3.63) is 23.8 Å². The van der Waals surface area contributed by atoms with Crippen molar-refractivity contribution in [3.8, 4) is 5.75 Å². The Morgan fingerprint density at radius 1 is 1.62 bits per heavy atom.